The van der Waals surface area contributed by atoms with Gasteiger partial charge in [-0.2, -0.15) is 5.10 Å². The standard InChI is InChI=1S/C20H17FN2O4/c1-2-11-23-19(25)16-6-4-3-5-15(16)18(22-23)20(26)27-12-17(24)13-7-9-14(21)10-8-13/h3-10H,2,11-12H2,1H3. The molecule has 0 spiro atoms. The molecule has 1 heterocycles. The zero-order valence-electron chi connectivity index (χ0n) is 14.6. The van der Waals surface area contributed by atoms with Gasteiger partial charge in [-0.05, 0) is 36.8 Å². The molecule has 0 unspecified atom stereocenters. The smallest absolute Gasteiger partial charge is 0.359 e. The Morgan fingerprint density at radius 1 is 1.07 bits per heavy atom. The van der Waals surface area contributed by atoms with Crippen molar-refractivity contribution in [1.82, 2.24) is 9.78 Å². The predicted molar refractivity (Wildman–Crippen MR) is 97.3 cm³/mol. The van der Waals surface area contributed by atoms with Crippen molar-refractivity contribution in [2.75, 3.05) is 6.61 Å². The fraction of sp³-hybridized carbons (Fsp3) is 0.200. The number of rotatable bonds is 6. The molecule has 0 aliphatic heterocycles. The van der Waals surface area contributed by atoms with E-state index in [1.807, 2.05) is 6.92 Å². The number of aryl methyl sites for hydroxylation is 1. The lowest BCUT2D eigenvalue weighted by Gasteiger charge is -2.10. The van der Waals surface area contributed by atoms with Gasteiger partial charge in [0, 0.05) is 17.5 Å². The van der Waals surface area contributed by atoms with Crippen molar-refractivity contribution in [3.05, 3.63) is 76.0 Å². The second kappa shape index (κ2) is 7.90. The summed E-state index contributed by atoms with van der Waals surface area (Å²) in [5.74, 6) is -1.72. The van der Waals surface area contributed by atoms with Crippen LogP contribution in [0.5, 0.6) is 0 Å². The minimum atomic E-state index is -0.800. The molecule has 0 amide bonds. The van der Waals surface area contributed by atoms with E-state index in [1.165, 1.54) is 16.8 Å². The molecular formula is C20H17FN2O4. The number of fused-ring (bicyclic) bond motifs is 1. The third-order valence-electron chi connectivity index (χ3n) is 4.00. The number of benzene rings is 2. The van der Waals surface area contributed by atoms with E-state index in [2.05, 4.69) is 5.10 Å². The Labute approximate surface area is 154 Å². The van der Waals surface area contributed by atoms with Gasteiger partial charge in [0.1, 0.15) is 5.82 Å². The van der Waals surface area contributed by atoms with Gasteiger partial charge in [0.2, 0.25) is 0 Å². The van der Waals surface area contributed by atoms with Crippen molar-refractivity contribution in [2.45, 2.75) is 19.9 Å². The average Bonchev–Trinajstić information content (AvgIpc) is 2.68. The number of aromatic nitrogens is 2. The maximum absolute atomic E-state index is 12.9. The normalized spacial score (nSPS) is 10.7. The van der Waals surface area contributed by atoms with E-state index in [0.717, 1.165) is 12.1 Å². The van der Waals surface area contributed by atoms with Crippen LogP contribution < -0.4 is 5.56 Å². The summed E-state index contributed by atoms with van der Waals surface area (Å²) in [5, 5.41) is 4.85. The second-order valence-electron chi connectivity index (χ2n) is 5.93. The summed E-state index contributed by atoms with van der Waals surface area (Å²) in [4.78, 5) is 37.0. The lowest BCUT2D eigenvalue weighted by Crippen LogP contribution is -2.27. The number of nitrogens with zero attached hydrogens (tertiary/aromatic N) is 2. The van der Waals surface area contributed by atoms with Crippen molar-refractivity contribution >= 4 is 22.5 Å². The summed E-state index contributed by atoms with van der Waals surface area (Å²) in [6.07, 6.45) is 0.669. The van der Waals surface area contributed by atoms with Crippen LogP contribution in [-0.2, 0) is 11.3 Å². The Morgan fingerprint density at radius 3 is 2.41 bits per heavy atom. The largest absolute Gasteiger partial charge is 0.452 e. The van der Waals surface area contributed by atoms with Gasteiger partial charge >= 0.3 is 5.97 Å². The van der Waals surface area contributed by atoms with Gasteiger partial charge in [-0.1, -0.05) is 25.1 Å². The fourth-order valence-electron chi connectivity index (χ4n) is 2.67. The number of ketones is 1. The van der Waals surface area contributed by atoms with Crippen LogP contribution in [0.1, 0.15) is 34.2 Å². The Balaban J connectivity index is 1.87. The molecule has 0 aliphatic carbocycles. The van der Waals surface area contributed by atoms with Crippen LogP contribution >= 0.6 is 0 Å². The molecule has 0 N–H and O–H groups in total. The topological polar surface area (TPSA) is 78.3 Å². The Morgan fingerprint density at radius 2 is 1.74 bits per heavy atom. The summed E-state index contributed by atoms with van der Waals surface area (Å²) in [6.45, 7) is 1.74. The van der Waals surface area contributed by atoms with Gasteiger partial charge in [0.25, 0.3) is 5.56 Å². The molecule has 3 aromatic rings. The summed E-state index contributed by atoms with van der Waals surface area (Å²) in [7, 11) is 0. The highest BCUT2D eigenvalue weighted by molar-refractivity contribution is 6.04. The van der Waals surface area contributed by atoms with E-state index in [1.54, 1.807) is 24.3 Å². The number of hydrogen-bond acceptors (Lipinski definition) is 5. The molecular weight excluding hydrogens is 351 g/mol. The van der Waals surface area contributed by atoms with Crippen LogP contribution in [0.3, 0.4) is 0 Å². The maximum Gasteiger partial charge on any atom is 0.359 e. The van der Waals surface area contributed by atoms with Crippen LogP contribution in [-0.4, -0.2) is 28.1 Å². The van der Waals surface area contributed by atoms with Crippen LogP contribution in [0.25, 0.3) is 10.8 Å². The molecule has 6 nitrogen and oxygen atoms in total. The molecule has 0 aliphatic rings. The maximum atomic E-state index is 12.9. The Kier molecular flexibility index (Phi) is 5.40. The number of Topliss-reactive ketones (excluding diaryl/α,β-unsaturated/α-hetero) is 1. The minimum absolute atomic E-state index is 0.0226. The predicted octanol–water partition coefficient (Wildman–Crippen LogP) is 2.99. The van der Waals surface area contributed by atoms with Gasteiger partial charge in [-0.3, -0.25) is 9.59 Å². The highest BCUT2D eigenvalue weighted by Gasteiger charge is 2.19. The zero-order chi connectivity index (χ0) is 19.4. The quantitative estimate of drug-likeness (QED) is 0.494. The van der Waals surface area contributed by atoms with Crippen molar-refractivity contribution < 1.29 is 18.7 Å². The fourth-order valence-corrected chi connectivity index (χ4v) is 2.67. The molecule has 27 heavy (non-hydrogen) atoms. The Hall–Kier alpha value is -3.35. The highest BCUT2D eigenvalue weighted by Crippen LogP contribution is 2.15. The molecule has 2 aromatic carbocycles. The van der Waals surface area contributed by atoms with Crippen LogP contribution in [0.2, 0.25) is 0 Å². The number of hydrogen-bond donors (Lipinski definition) is 0. The molecule has 3 rings (SSSR count). The SMILES string of the molecule is CCCn1nc(C(=O)OCC(=O)c2ccc(F)cc2)c2ccccc2c1=O. The average molecular weight is 368 g/mol. The number of ether oxygens (including phenoxy) is 1. The summed E-state index contributed by atoms with van der Waals surface area (Å²) >= 11 is 0. The first-order valence-electron chi connectivity index (χ1n) is 8.47. The van der Waals surface area contributed by atoms with Crippen LogP contribution in [0.4, 0.5) is 4.39 Å². The van der Waals surface area contributed by atoms with Crippen molar-refractivity contribution in [1.29, 1.82) is 0 Å². The van der Waals surface area contributed by atoms with E-state index in [0.29, 0.717) is 23.7 Å². The second-order valence-corrected chi connectivity index (χ2v) is 5.93. The van der Waals surface area contributed by atoms with Gasteiger partial charge in [0.05, 0.1) is 5.39 Å². The molecule has 0 fully saturated rings. The number of carbonyl (C=O) groups excluding carboxylic acids is 2. The van der Waals surface area contributed by atoms with Gasteiger partial charge in [-0.25, -0.2) is 13.9 Å². The molecule has 0 atom stereocenters. The van der Waals surface area contributed by atoms with E-state index < -0.39 is 24.2 Å². The number of halogens is 1. The van der Waals surface area contributed by atoms with Crippen LogP contribution in [0, 0.1) is 5.82 Å². The summed E-state index contributed by atoms with van der Waals surface area (Å²) in [5.41, 5.74) is -0.0742. The van der Waals surface area contributed by atoms with Gasteiger partial charge in [-0.15, -0.1) is 0 Å². The molecule has 0 saturated heterocycles. The lowest BCUT2D eigenvalue weighted by molar-refractivity contribution is 0.0468. The van der Waals surface area contributed by atoms with Gasteiger partial charge < -0.3 is 4.74 Å². The number of carbonyl (C=O) groups is 2. The minimum Gasteiger partial charge on any atom is -0.452 e. The molecule has 0 radical (unpaired) electrons. The van der Waals surface area contributed by atoms with E-state index in [9.17, 15) is 18.8 Å². The first-order chi connectivity index (χ1) is 13.0. The van der Waals surface area contributed by atoms with Crippen molar-refractivity contribution in [3.63, 3.8) is 0 Å². The van der Waals surface area contributed by atoms with E-state index in [4.69, 9.17) is 4.74 Å². The molecule has 0 saturated carbocycles. The third-order valence-corrected chi connectivity index (χ3v) is 4.00. The molecule has 138 valence electrons. The first-order valence-corrected chi connectivity index (χ1v) is 8.47. The van der Waals surface area contributed by atoms with Crippen molar-refractivity contribution in [3.8, 4) is 0 Å². The summed E-state index contributed by atoms with van der Waals surface area (Å²) < 4.78 is 19.3. The van der Waals surface area contributed by atoms with E-state index in [-0.39, 0.29) is 16.8 Å². The highest BCUT2D eigenvalue weighted by atomic mass is 19.1. The molecule has 7 heteroatoms. The zero-order valence-corrected chi connectivity index (χ0v) is 14.6. The number of esters is 1. The van der Waals surface area contributed by atoms with E-state index >= 15 is 0 Å². The first kappa shape index (κ1) is 18.4. The molecule has 0 bridgehead atoms. The van der Waals surface area contributed by atoms with Gasteiger partial charge in [0.15, 0.2) is 18.1 Å². The Bertz CT molecular complexity index is 1060. The van der Waals surface area contributed by atoms with Crippen molar-refractivity contribution in [2.24, 2.45) is 0 Å². The van der Waals surface area contributed by atoms with Crippen LogP contribution in [0.15, 0.2) is 53.3 Å². The monoisotopic (exact) mass is 368 g/mol. The molecule has 1 aromatic heterocycles. The lowest BCUT2D eigenvalue weighted by atomic mass is 10.1. The third kappa shape index (κ3) is 3.92. The summed E-state index contributed by atoms with van der Waals surface area (Å²) in [6, 6.07) is 11.6.